The van der Waals surface area contributed by atoms with Crippen LogP contribution >= 0.6 is 11.8 Å². The van der Waals surface area contributed by atoms with E-state index in [1.54, 1.807) is 11.8 Å². The molecule has 3 nitrogen and oxygen atoms in total. The van der Waals surface area contributed by atoms with Crippen molar-refractivity contribution in [3.05, 3.63) is 29.8 Å². The van der Waals surface area contributed by atoms with Gasteiger partial charge in [0.05, 0.1) is 0 Å². The maximum atomic E-state index is 11.9. The molecule has 1 fully saturated rings. The van der Waals surface area contributed by atoms with Crippen LogP contribution < -0.4 is 11.1 Å². The highest BCUT2D eigenvalue weighted by atomic mass is 32.2. The standard InChI is InChI=1S/C15H22N2OS/c1-11-2-6-14(7-3-11)19-9-8-17-15(18)12-4-5-13(16)10-12/h2-3,6-7,12-13H,4-5,8-10,16H2,1H3,(H,17,18). The van der Waals surface area contributed by atoms with Crippen LogP contribution in [0, 0.1) is 12.8 Å². The first-order valence-corrected chi connectivity index (χ1v) is 7.86. The molecule has 4 heteroatoms. The minimum absolute atomic E-state index is 0.138. The SMILES string of the molecule is Cc1ccc(SCCNC(=O)C2CCC(N)C2)cc1. The Morgan fingerprint density at radius 3 is 2.74 bits per heavy atom. The van der Waals surface area contributed by atoms with E-state index >= 15 is 0 Å². The molecule has 0 spiro atoms. The molecule has 1 saturated carbocycles. The first kappa shape index (κ1) is 14.4. The molecular formula is C15H22N2OS. The number of aryl methyl sites for hydroxylation is 1. The average molecular weight is 278 g/mol. The van der Waals surface area contributed by atoms with Gasteiger partial charge in [-0.1, -0.05) is 17.7 Å². The van der Waals surface area contributed by atoms with Crippen LogP contribution in [0.3, 0.4) is 0 Å². The molecule has 104 valence electrons. The van der Waals surface area contributed by atoms with Crippen molar-refractivity contribution in [3.63, 3.8) is 0 Å². The van der Waals surface area contributed by atoms with Gasteiger partial charge in [-0.25, -0.2) is 0 Å². The molecule has 0 radical (unpaired) electrons. The topological polar surface area (TPSA) is 55.1 Å². The van der Waals surface area contributed by atoms with E-state index in [-0.39, 0.29) is 17.9 Å². The van der Waals surface area contributed by atoms with Crippen LogP contribution in [-0.4, -0.2) is 24.2 Å². The van der Waals surface area contributed by atoms with Crippen molar-refractivity contribution >= 4 is 17.7 Å². The van der Waals surface area contributed by atoms with Gasteiger partial charge in [-0.3, -0.25) is 4.79 Å². The van der Waals surface area contributed by atoms with E-state index in [4.69, 9.17) is 5.73 Å². The van der Waals surface area contributed by atoms with E-state index in [1.165, 1.54) is 10.5 Å². The number of hydrogen-bond donors (Lipinski definition) is 2. The molecule has 0 aromatic heterocycles. The minimum Gasteiger partial charge on any atom is -0.355 e. The lowest BCUT2D eigenvalue weighted by atomic mass is 10.1. The molecule has 1 amide bonds. The van der Waals surface area contributed by atoms with Gasteiger partial charge >= 0.3 is 0 Å². The second-order valence-corrected chi connectivity index (χ2v) is 6.39. The third kappa shape index (κ3) is 4.55. The molecule has 0 bridgehead atoms. The molecular weight excluding hydrogens is 256 g/mol. The van der Waals surface area contributed by atoms with Gasteiger partial charge in [-0.2, -0.15) is 0 Å². The maximum absolute atomic E-state index is 11.9. The normalized spacial score (nSPS) is 22.4. The summed E-state index contributed by atoms with van der Waals surface area (Å²) in [5, 5.41) is 3.01. The van der Waals surface area contributed by atoms with Gasteiger partial charge in [0.1, 0.15) is 0 Å². The summed E-state index contributed by atoms with van der Waals surface area (Å²) in [6.45, 7) is 2.81. The Labute approximate surface area is 119 Å². The first-order valence-electron chi connectivity index (χ1n) is 6.88. The van der Waals surface area contributed by atoms with Crippen LogP contribution in [0.25, 0.3) is 0 Å². The van der Waals surface area contributed by atoms with Crippen molar-refractivity contribution in [3.8, 4) is 0 Å². The second kappa shape index (κ2) is 6.96. The van der Waals surface area contributed by atoms with E-state index in [1.807, 2.05) is 0 Å². The molecule has 1 aliphatic carbocycles. The highest BCUT2D eigenvalue weighted by molar-refractivity contribution is 7.99. The van der Waals surface area contributed by atoms with Gasteiger partial charge < -0.3 is 11.1 Å². The zero-order valence-electron chi connectivity index (χ0n) is 11.4. The van der Waals surface area contributed by atoms with Gasteiger partial charge in [-0.05, 0) is 38.3 Å². The summed E-state index contributed by atoms with van der Waals surface area (Å²) < 4.78 is 0. The fourth-order valence-electron chi connectivity index (χ4n) is 2.38. The van der Waals surface area contributed by atoms with E-state index in [0.29, 0.717) is 0 Å². The van der Waals surface area contributed by atoms with Gasteiger partial charge in [0.2, 0.25) is 5.91 Å². The second-order valence-electron chi connectivity index (χ2n) is 5.22. The summed E-state index contributed by atoms with van der Waals surface area (Å²) in [7, 11) is 0. The summed E-state index contributed by atoms with van der Waals surface area (Å²) in [6, 6.07) is 8.69. The van der Waals surface area contributed by atoms with Crippen molar-refractivity contribution in [2.24, 2.45) is 11.7 Å². The highest BCUT2D eigenvalue weighted by Crippen LogP contribution is 2.24. The molecule has 1 aliphatic rings. The largest absolute Gasteiger partial charge is 0.355 e. The molecule has 1 aromatic carbocycles. The molecule has 0 aliphatic heterocycles. The molecule has 0 saturated heterocycles. The number of nitrogens with one attached hydrogen (secondary N) is 1. The Balaban J connectivity index is 1.64. The van der Waals surface area contributed by atoms with Crippen molar-refractivity contribution < 1.29 is 4.79 Å². The number of hydrogen-bond acceptors (Lipinski definition) is 3. The smallest absolute Gasteiger partial charge is 0.223 e. The zero-order valence-corrected chi connectivity index (χ0v) is 12.2. The van der Waals surface area contributed by atoms with Crippen LogP contribution in [-0.2, 0) is 4.79 Å². The maximum Gasteiger partial charge on any atom is 0.223 e. The van der Waals surface area contributed by atoms with Gasteiger partial charge in [0.15, 0.2) is 0 Å². The molecule has 3 N–H and O–H groups in total. The summed E-state index contributed by atoms with van der Waals surface area (Å²) in [4.78, 5) is 13.1. The van der Waals surface area contributed by atoms with Crippen LogP contribution in [0.15, 0.2) is 29.2 Å². The Kier molecular flexibility index (Phi) is 5.28. The summed E-state index contributed by atoms with van der Waals surface area (Å²) in [5.74, 6) is 1.23. The Morgan fingerprint density at radius 2 is 2.11 bits per heavy atom. The number of carbonyl (C=O) groups excluding carboxylic acids is 1. The Bertz CT molecular complexity index is 419. The van der Waals surface area contributed by atoms with Crippen LogP contribution in [0.5, 0.6) is 0 Å². The molecule has 19 heavy (non-hydrogen) atoms. The van der Waals surface area contributed by atoms with Crippen molar-refractivity contribution in [2.75, 3.05) is 12.3 Å². The monoisotopic (exact) mass is 278 g/mol. The summed E-state index contributed by atoms with van der Waals surface area (Å²) in [5.41, 5.74) is 7.10. The fraction of sp³-hybridized carbons (Fsp3) is 0.533. The van der Waals surface area contributed by atoms with Crippen molar-refractivity contribution in [2.45, 2.75) is 37.1 Å². The molecule has 2 rings (SSSR count). The quantitative estimate of drug-likeness (QED) is 0.642. The summed E-state index contributed by atoms with van der Waals surface area (Å²) in [6.07, 6.45) is 2.77. The lowest BCUT2D eigenvalue weighted by molar-refractivity contribution is -0.124. The predicted molar refractivity (Wildman–Crippen MR) is 80.2 cm³/mol. The van der Waals surface area contributed by atoms with E-state index in [9.17, 15) is 4.79 Å². The fourth-order valence-corrected chi connectivity index (χ4v) is 3.14. The van der Waals surface area contributed by atoms with Gasteiger partial charge in [0.25, 0.3) is 0 Å². The van der Waals surface area contributed by atoms with Crippen LogP contribution in [0.2, 0.25) is 0 Å². The number of amides is 1. The third-order valence-corrected chi connectivity index (χ3v) is 4.55. The lowest BCUT2D eigenvalue weighted by Crippen LogP contribution is -2.31. The number of rotatable bonds is 5. The molecule has 1 aromatic rings. The van der Waals surface area contributed by atoms with Crippen molar-refractivity contribution in [1.82, 2.24) is 5.32 Å². The zero-order chi connectivity index (χ0) is 13.7. The minimum atomic E-state index is 0.138. The van der Waals surface area contributed by atoms with E-state index < -0.39 is 0 Å². The number of benzene rings is 1. The molecule has 2 atom stereocenters. The molecule has 2 unspecified atom stereocenters. The van der Waals surface area contributed by atoms with Gasteiger partial charge in [0, 0.05) is 29.2 Å². The highest BCUT2D eigenvalue weighted by Gasteiger charge is 2.27. The first-order chi connectivity index (χ1) is 9.15. The van der Waals surface area contributed by atoms with Crippen molar-refractivity contribution in [1.29, 1.82) is 0 Å². The average Bonchev–Trinajstić information content (AvgIpc) is 2.83. The van der Waals surface area contributed by atoms with Gasteiger partial charge in [-0.15, -0.1) is 11.8 Å². The van der Waals surface area contributed by atoms with E-state index in [2.05, 4.69) is 36.5 Å². The lowest BCUT2D eigenvalue weighted by Gasteiger charge is -2.10. The third-order valence-electron chi connectivity index (χ3n) is 3.53. The summed E-state index contributed by atoms with van der Waals surface area (Å²) >= 11 is 1.77. The number of thioether (sulfide) groups is 1. The Hall–Kier alpha value is -1.00. The van der Waals surface area contributed by atoms with E-state index in [0.717, 1.165) is 31.6 Å². The Morgan fingerprint density at radius 1 is 1.37 bits per heavy atom. The number of carbonyl (C=O) groups is 1. The van der Waals surface area contributed by atoms with Crippen LogP contribution in [0.1, 0.15) is 24.8 Å². The molecule has 0 heterocycles. The predicted octanol–water partition coefficient (Wildman–Crippen LogP) is 2.33. The number of nitrogens with two attached hydrogens (primary N) is 1. The van der Waals surface area contributed by atoms with Crippen LogP contribution in [0.4, 0.5) is 0 Å².